The number of hydrogen-bond acceptors (Lipinski definition) is 5. The van der Waals surface area contributed by atoms with E-state index in [9.17, 15) is 4.79 Å². The molecule has 1 amide bonds. The van der Waals surface area contributed by atoms with Crippen LogP contribution in [0.25, 0.3) is 0 Å². The molecule has 3 rings (SSSR count). The second-order valence-electron chi connectivity index (χ2n) is 5.75. The van der Waals surface area contributed by atoms with E-state index < -0.39 is 0 Å². The maximum atomic E-state index is 12.3. The summed E-state index contributed by atoms with van der Waals surface area (Å²) >= 11 is 0. The van der Waals surface area contributed by atoms with Crippen molar-refractivity contribution in [2.75, 3.05) is 27.0 Å². The first-order valence-electron chi connectivity index (χ1n) is 7.62. The van der Waals surface area contributed by atoms with Crippen molar-refractivity contribution in [1.82, 2.24) is 4.90 Å². The van der Waals surface area contributed by atoms with Gasteiger partial charge in [-0.15, -0.1) is 0 Å². The summed E-state index contributed by atoms with van der Waals surface area (Å²) in [5.41, 5.74) is 7.06. The van der Waals surface area contributed by atoms with Gasteiger partial charge in [-0.2, -0.15) is 0 Å². The third kappa shape index (κ3) is 3.18. The molecular weight excluding hydrogens is 284 g/mol. The van der Waals surface area contributed by atoms with Crippen LogP contribution in [0.1, 0.15) is 18.4 Å². The lowest BCUT2D eigenvalue weighted by molar-refractivity contribution is -0.135. The van der Waals surface area contributed by atoms with Crippen LogP contribution in [0, 0.1) is 0 Å². The highest BCUT2D eigenvalue weighted by molar-refractivity contribution is 5.76. The van der Waals surface area contributed by atoms with Gasteiger partial charge in [0.15, 0.2) is 11.5 Å². The number of piperidine rings is 1. The molecule has 0 unspecified atom stereocenters. The van der Waals surface area contributed by atoms with Crippen molar-refractivity contribution in [3.63, 3.8) is 0 Å². The Balaban J connectivity index is 1.54. The zero-order valence-electron chi connectivity index (χ0n) is 12.8. The van der Waals surface area contributed by atoms with Gasteiger partial charge in [0.1, 0.15) is 0 Å². The molecule has 1 saturated heterocycles. The molecule has 0 radical (unpaired) electrons. The van der Waals surface area contributed by atoms with Crippen LogP contribution in [0.3, 0.4) is 0 Å². The fourth-order valence-corrected chi connectivity index (χ4v) is 2.92. The molecule has 120 valence electrons. The Kier molecular flexibility index (Phi) is 4.49. The fraction of sp³-hybridized carbons (Fsp3) is 0.562. The first-order valence-corrected chi connectivity index (χ1v) is 7.62. The van der Waals surface area contributed by atoms with Crippen molar-refractivity contribution < 1.29 is 19.0 Å². The number of hydrogen-bond donors (Lipinski definition) is 1. The molecule has 0 aliphatic carbocycles. The molecule has 2 aliphatic rings. The van der Waals surface area contributed by atoms with E-state index in [1.54, 1.807) is 7.11 Å². The number of carbonyl (C=O) groups excluding carboxylic acids is 1. The lowest BCUT2D eigenvalue weighted by Crippen LogP contribution is -2.53. The van der Waals surface area contributed by atoms with Gasteiger partial charge in [-0.1, -0.05) is 6.07 Å². The highest BCUT2D eigenvalue weighted by atomic mass is 16.7. The number of aryl methyl sites for hydroxylation is 1. The van der Waals surface area contributed by atoms with Crippen molar-refractivity contribution in [2.24, 2.45) is 5.73 Å². The zero-order chi connectivity index (χ0) is 15.5. The van der Waals surface area contributed by atoms with Gasteiger partial charge in [0.05, 0.1) is 6.10 Å². The fourth-order valence-electron chi connectivity index (χ4n) is 2.92. The summed E-state index contributed by atoms with van der Waals surface area (Å²) in [6, 6.07) is 5.83. The highest BCUT2D eigenvalue weighted by Gasteiger charge is 2.28. The predicted octanol–water partition coefficient (Wildman–Crippen LogP) is 0.922. The molecule has 1 aromatic carbocycles. The van der Waals surface area contributed by atoms with Gasteiger partial charge in [0.2, 0.25) is 12.7 Å². The molecular formula is C16H22N2O4. The smallest absolute Gasteiger partial charge is 0.231 e. The van der Waals surface area contributed by atoms with Crippen LogP contribution < -0.4 is 15.2 Å². The maximum Gasteiger partial charge on any atom is 0.231 e. The first kappa shape index (κ1) is 15.1. The molecule has 1 fully saturated rings. The van der Waals surface area contributed by atoms with Crippen molar-refractivity contribution in [3.8, 4) is 11.5 Å². The van der Waals surface area contributed by atoms with Crippen LogP contribution in [0.4, 0.5) is 0 Å². The molecule has 0 aromatic heterocycles. The quantitative estimate of drug-likeness (QED) is 0.895. The van der Waals surface area contributed by atoms with E-state index in [0.29, 0.717) is 25.9 Å². The van der Waals surface area contributed by atoms with Gasteiger partial charge in [-0.05, 0) is 30.5 Å². The average Bonchev–Trinajstić information content (AvgIpc) is 3.00. The number of methoxy groups -OCH3 is 1. The Morgan fingerprint density at radius 3 is 3.05 bits per heavy atom. The standard InChI is InChI=1S/C16H22N2O4/c1-20-15-9-18(7-6-12(15)17)16(19)5-3-11-2-4-13-14(8-11)22-10-21-13/h2,4,8,12,15H,3,5-7,9-10,17H2,1H3/t12-,15+/m1/s1. The number of likely N-dealkylation sites (tertiary alicyclic amines) is 1. The maximum absolute atomic E-state index is 12.3. The van der Waals surface area contributed by atoms with Crippen molar-refractivity contribution in [1.29, 1.82) is 0 Å². The average molecular weight is 306 g/mol. The van der Waals surface area contributed by atoms with Crippen LogP contribution in [-0.4, -0.2) is 49.9 Å². The van der Waals surface area contributed by atoms with Gasteiger partial charge in [-0.3, -0.25) is 4.79 Å². The zero-order valence-corrected chi connectivity index (χ0v) is 12.8. The van der Waals surface area contributed by atoms with Crippen LogP contribution in [-0.2, 0) is 16.0 Å². The minimum absolute atomic E-state index is 0.0166. The van der Waals surface area contributed by atoms with Crippen molar-refractivity contribution in [3.05, 3.63) is 23.8 Å². The van der Waals surface area contributed by atoms with Gasteiger partial charge >= 0.3 is 0 Å². The summed E-state index contributed by atoms with van der Waals surface area (Å²) < 4.78 is 16.0. The number of fused-ring (bicyclic) bond motifs is 1. The molecule has 2 heterocycles. The predicted molar refractivity (Wildman–Crippen MR) is 80.9 cm³/mol. The Morgan fingerprint density at radius 1 is 1.41 bits per heavy atom. The van der Waals surface area contributed by atoms with E-state index in [2.05, 4.69) is 0 Å². The molecule has 6 heteroatoms. The Hall–Kier alpha value is -1.79. The first-order chi connectivity index (χ1) is 10.7. The van der Waals surface area contributed by atoms with Gasteiger partial charge in [0.25, 0.3) is 0 Å². The second-order valence-corrected chi connectivity index (χ2v) is 5.75. The number of nitrogens with zero attached hydrogens (tertiary/aromatic N) is 1. The summed E-state index contributed by atoms with van der Waals surface area (Å²) in [5.74, 6) is 1.67. The van der Waals surface area contributed by atoms with Crippen LogP contribution in [0.5, 0.6) is 11.5 Å². The number of rotatable bonds is 4. The normalized spacial score (nSPS) is 23.6. The van der Waals surface area contributed by atoms with E-state index in [4.69, 9.17) is 19.9 Å². The Bertz CT molecular complexity index is 549. The third-order valence-electron chi connectivity index (χ3n) is 4.33. The number of benzene rings is 1. The van der Waals surface area contributed by atoms with E-state index in [1.807, 2.05) is 23.1 Å². The van der Waals surface area contributed by atoms with Gasteiger partial charge in [-0.25, -0.2) is 0 Å². The molecule has 2 atom stereocenters. The van der Waals surface area contributed by atoms with E-state index >= 15 is 0 Å². The van der Waals surface area contributed by atoms with Crippen LogP contribution in [0.15, 0.2) is 18.2 Å². The number of ether oxygens (including phenoxy) is 3. The highest BCUT2D eigenvalue weighted by Crippen LogP contribution is 2.32. The summed E-state index contributed by atoms with van der Waals surface area (Å²) in [5, 5.41) is 0. The summed E-state index contributed by atoms with van der Waals surface area (Å²) in [4.78, 5) is 14.2. The van der Waals surface area contributed by atoms with Gasteiger partial charge in [0, 0.05) is 32.7 Å². The van der Waals surface area contributed by atoms with Gasteiger partial charge < -0.3 is 24.8 Å². The Labute approximate surface area is 130 Å². The molecule has 2 N–H and O–H groups in total. The molecule has 2 aliphatic heterocycles. The molecule has 0 saturated carbocycles. The minimum Gasteiger partial charge on any atom is -0.454 e. The number of carbonyl (C=O) groups is 1. The summed E-state index contributed by atoms with van der Waals surface area (Å²) in [7, 11) is 1.64. The SMILES string of the molecule is CO[C@H]1CN(C(=O)CCc2ccc3c(c2)OCO3)CC[C@H]1N. The minimum atomic E-state index is -0.0664. The molecule has 1 aromatic rings. The largest absolute Gasteiger partial charge is 0.454 e. The molecule has 22 heavy (non-hydrogen) atoms. The second kappa shape index (κ2) is 6.54. The van der Waals surface area contributed by atoms with E-state index in [-0.39, 0.29) is 24.8 Å². The van der Waals surface area contributed by atoms with Crippen LogP contribution >= 0.6 is 0 Å². The van der Waals surface area contributed by atoms with E-state index in [1.165, 1.54) is 0 Å². The summed E-state index contributed by atoms with van der Waals surface area (Å²) in [6.45, 7) is 1.56. The molecule has 6 nitrogen and oxygen atoms in total. The molecule has 0 spiro atoms. The number of amides is 1. The third-order valence-corrected chi connectivity index (χ3v) is 4.33. The summed E-state index contributed by atoms with van der Waals surface area (Å²) in [6.07, 6.45) is 1.89. The Morgan fingerprint density at radius 2 is 2.23 bits per heavy atom. The molecule has 0 bridgehead atoms. The van der Waals surface area contributed by atoms with Crippen molar-refractivity contribution >= 4 is 5.91 Å². The number of nitrogens with two attached hydrogens (primary N) is 1. The topological polar surface area (TPSA) is 74.0 Å². The van der Waals surface area contributed by atoms with E-state index in [0.717, 1.165) is 23.5 Å². The van der Waals surface area contributed by atoms with Crippen LogP contribution in [0.2, 0.25) is 0 Å². The monoisotopic (exact) mass is 306 g/mol. The lowest BCUT2D eigenvalue weighted by atomic mass is 10.0. The van der Waals surface area contributed by atoms with Crippen molar-refractivity contribution in [2.45, 2.75) is 31.4 Å². The lowest BCUT2D eigenvalue weighted by Gasteiger charge is -2.36.